The summed E-state index contributed by atoms with van der Waals surface area (Å²) in [7, 11) is 1.66. The van der Waals surface area contributed by atoms with Gasteiger partial charge in [0.2, 0.25) is 0 Å². The molecule has 0 atom stereocenters. The van der Waals surface area contributed by atoms with Crippen LogP contribution in [0.4, 0.5) is 24.5 Å². The fourth-order valence-corrected chi connectivity index (χ4v) is 3.76. The van der Waals surface area contributed by atoms with Crippen LogP contribution in [0.2, 0.25) is 0 Å². The summed E-state index contributed by atoms with van der Waals surface area (Å²) >= 11 is 0. The predicted molar refractivity (Wildman–Crippen MR) is 132 cm³/mol. The van der Waals surface area contributed by atoms with Gasteiger partial charge in [-0.05, 0) is 35.7 Å². The summed E-state index contributed by atoms with van der Waals surface area (Å²) in [5, 5.41) is 1.04. The lowest BCUT2D eigenvalue weighted by Crippen LogP contribution is -2.40. The fraction of sp³-hybridized carbons (Fsp3) is 0.192. The summed E-state index contributed by atoms with van der Waals surface area (Å²) in [6, 6.07) is 13.1. The number of ether oxygens (including phenoxy) is 1. The van der Waals surface area contributed by atoms with E-state index >= 15 is 0 Å². The zero-order valence-corrected chi connectivity index (χ0v) is 19.3. The van der Waals surface area contributed by atoms with Crippen molar-refractivity contribution in [3.05, 3.63) is 88.2 Å². The molecule has 0 bridgehead atoms. The van der Waals surface area contributed by atoms with E-state index in [1.54, 1.807) is 25.5 Å². The van der Waals surface area contributed by atoms with E-state index in [1.807, 2.05) is 41.3 Å². The van der Waals surface area contributed by atoms with Crippen LogP contribution < -0.4 is 25.9 Å². The molecule has 0 radical (unpaired) electrons. The van der Waals surface area contributed by atoms with Crippen molar-refractivity contribution in [1.29, 1.82) is 0 Å². The van der Waals surface area contributed by atoms with E-state index in [-0.39, 0.29) is 6.01 Å². The van der Waals surface area contributed by atoms with E-state index in [0.29, 0.717) is 27.5 Å². The number of aromatic nitrogens is 2. The molecule has 0 spiro atoms. The number of nitrogens with two attached hydrogens (primary N) is 1. The Balaban J connectivity index is 1.89. The van der Waals surface area contributed by atoms with Gasteiger partial charge in [-0.1, -0.05) is 37.8 Å². The molecule has 2 heterocycles. The number of nitrogens with zero attached hydrogens (tertiary/aromatic N) is 4. The maximum Gasteiger partial charge on any atom is 0.422 e. The summed E-state index contributed by atoms with van der Waals surface area (Å²) in [5.41, 5.74) is 11.4. The number of aliphatic imine (C=N–C) groups is 1. The number of halogens is 3. The van der Waals surface area contributed by atoms with Gasteiger partial charge >= 0.3 is 12.2 Å². The van der Waals surface area contributed by atoms with Crippen molar-refractivity contribution in [1.82, 2.24) is 9.97 Å². The Hall–Kier alpha value is -4.14. The first-order valence-electron chi connectivity index (χ1n) is 10.9. The van der Waals surface area contributed by atoms with Crippen LogP contribution in [0.5, 0.6) is 6.01 Å². The predicted octanol–water partition coefficient (Wildman–Crippen LogP) is 3.58. The van der Waals surface area contributed by atoms with Crippen LogP contribution in [0.1, 0.15) is 23.6 Å². The molecule has 3 aromatic rings. The number of nitrogen functional groups attached to an aromatic ring is 1. The largest absolute Gasteiger partial charge is 0.454 e. The van der Waals surface area contributed by atoms with Crippen LogP contribution in [0.15, 0.2) is 65.9 Å². The molecular weight excluding hydrogens is 455 g/mol. The van der Waals surface area contributed by atoms with Crippen molar-refractivity contribution in [3.8, 4) is 6.01 Å². The van der Waals surface area contributed by atoms with E-state index in [0.717, 1.165) is 28.8 Å². The molecule has 6 nitrogen and oxygen atoms in total. The Morgan fingerprint density at radius 1 is 1.17 bits per heavy atom. The van der Waals surface area contributed by atoms with Crippen molar-refractivity contribution in [2.24, 2.45) is 4.99 Å². The molecule has 1 aliphatic heterocycles. The van der Waals surface area contributed by atoms with E-state index < -0.39 is 12.8 Å². The monoisotopic (exact) mass is 479 g/mol. The fourth-order valence-electron chi connectivity index (χ4n) is 3.76. The lowest BCUT2D eigenvalue weighted by Gasteiger charge is -2.28. The minimum absolute atomic E-state index is 0.354. The van der Waals surface area contributed by atoms with Gasteiger partial charge in [0.15, 0.2) is 6.61 Å². The summed E-state index contributed by atoms with van der Waals surface area (Å²) in [5.74, 6) is 0. The third-order valence-electron chi connectivity index (χ3n) is 5.51. The summed E-state index contributed by atoms with van der Waals surface area (Å²) in [6.45, 7) is 4.88. The number of hydrogen-bond donors (Lipinski definition) is 1. The molecule has 0 saturated heterocycles. The number of allylic oxidation sites excluding steroid dienone is 1. The van der Waals surface area contributed by atoms with Crippen LogP contribution in [0.3, 0.4) is 0 Å². The Kier molecular flexibility index (Phi) is 6.59. The molecule has 35 heavy (non-hydrogen) atoms. The third kappa shape index (κ3) is 5.18. The second-order valence-electron chi connectivity index (χ2n) is 7.93. The highest BCUT2D eigenvalue weighted by Crippen LogP contribution is 2.31. The number of fused-ring (bicyclic) bond motifs is 1. The van der Waals surface area contributed by atoms with Crippen LogP contribution in [-0.4, -0.2) is 36.0 Å². The first kappa shape index (κ1) is 24.0. The summed E-state index contributed by atoms with van der Waals surface area (Å²) < 4.78 is 42.9. The smallest absolute Gasteiger partial charge is 0.422 e. The maximum atomic E-state index is 12.7. The molecule has 9 heteroatoms. The highest BCUT2D eigenvalue weighted by Gasteiger charge is 2.29. The van der Waals surface area contributed by atoms with Crippen molar-refractivity contribution < 1.29 is 17.9 Å². The number of hydrogen-bond acceptors (Lipinski definition) is 6. The van der Waals surface area contributed by atoms with Crippen molar-refractivity contribution in [2.45, 2.75) is 19.5 Å². The van der Waals surface area contributed by atoms with Gasteiger partial charge in [0, 0.05) is 59.1 Å². The molecule has 4 rings (SSSR count). The van der Waals surface area contributed by atoms with Crippen molar-refractivity contribution in [2.75, 3.05) is 24.3 Å². The third-order valence-corrected chi connectivity index (χ3v) is 5.51. The topological polar surface area (TPSA) is 76.6 Å². The van der Waals surface area contributed by atoms with Gasteiger partial charge in [0.05, 0.1) is 5.35 Å². The van der Waals surface area contributed by atoms with E-state index in [1.165, 1.54) is 6.20 Å². The second kappa shape index (κ2) is 9.61. The van der Waals surface area contributed by atoms with Crippen LogP contribution in [0.25, 0.3) is 11.8 Å². The van der Waals surface area contributed by atoms with Gasteiger partial charge < -0.3 is 15.4 Å². The molecule has 1 aliphatic rings. The number of alkyl halides is 3. The Labute approximate surface area is 200 Å². The summed E-state index contributed by atoms with van der Waals surface area (Å²) in [6.07, 6.45) is 1.27. The van der Waals surface area contributed by atoms with Gasteiger partial charge in [-0.25, -0.2) is 4.98 Å². The quantitative estimate of drug-likeness (QED) is 0.432. The molecule has 180 valence electrons. The van der Waals surface area contributed by atoms with Crippen LogP contribution >= 0.6 is 0 Å². The average molecular weight is 480 g/mol. The van der Waals surface area contributed by atoms with Gasteiger partial charge in [-0.15, -0.1) is 0 Å². The highest BCUT2D eigenvalue weighted by atomic mass is 19.4. The van der Waals surface area contributed by atoms with Crippen molar-refractivity contribution in [3.63, 3.8) is 0 Å². The van der Waals surface area contributed by atoms with E-state index in [2.05, 4.69) is 28.5 Å². The normalized spacial score (nSPS) is 13.7. The van der Waals surface area contributed by atoms with E-state index in [9.17, 15) is 13.2 Å². The second-order valence-corrected chi connectivity index (χ2v) is 7.93. The minimum atomic E-state index is -4.50. The molecule has 0 amide bonds. The molecule has 0 unspecified atom stereocenters. The SMILES string of the molecule is C=C1C(c2ccc(CC)cc2)=c2nc(OCC(F)(F)F)ncc2=CN1c1ccc(N)c(C=NC)c1. The zero-order chi connectivity index (χ0) is 25.2. The van der Waals surface area contributed by atoms with Crippen molar-refractivity contribution >= 4 is 29.4 Å². The molecule has 0 aliphatic carbocycles. The minimum Gasteiger partial charge on any atom is -0.454 e. The van der Waals surface area contributed by atoms with E-state index in [4.69, 9.17) is 10.5 Å². The number of rotatable bonds is 6. The van der Waals surface area contributed by atoms with Gasteiger partial charge in [-0.2, -0.15) is 18.2 Å². The van der Waals surface area contributed by atoms with Gasteiger partial charge in [0.1, 0.15) is 0 Å². The average Bonchev–Trinajstić information content (AvgIpc) is 2.83. The van der Waals surface area contributed by atoms with Gasteiger partial charge in [0.25, 0.3) is 0 Å². The molecule has 2 aromatic carbocycles. The molecule has 1 aromatic heterocycles. The number of benzene rings is 2. The molecular formula is C26H24F3N5O. The molecule has 0 saturated carbocycles. The standard InChI is InChI=1S/C26H24F3N5O/c1-4-17-5-7-18(8-6-17)23-16(2)34(21-9-10-22(30)19(11-21)12-31-3)14-20-13-32-25(33-24(20)23)35-15-26(27,28)29/h5-14H,2,4,15,30H2,1,3H3. The van der Waals surface area contributed by atoms with Gasteiger partial charge in [-0.3, -0.25) is 4.99 Å². The lowest BCUT2D eigenvalue weighted by atomic mass is 9.97. The van der Waals surface area contributed by atoms with Crippen LogP contribution in [0, 0.1) is 0 Å². The number of aryl methyl sites for hydroxylation is 1. The Morgan fingerprint density at radius 3 is 2.57 bits per heavy atom. The zero-order valence-electron chi connectivity index (χ0n) is 19.3. The molecule has 0 fully saturated rings. The molecule has 2 N–H and O–H groups in total. The van der Waals surface area contributed by atoms with Crippen LogP contribution in [-0.2, 0) is 6.42 Å². The summed E-state index contributed by atoms with van der Waals surface area (Å²) in [4.78, 5) is 14.2. The first-order chi connectivity index (χ1) is 16.7. The maximum absolute atomic E-state index is 12.7. The Morgan fingerprint density at radius 2 is 1.91 bits per heavy atom. The lowest BCUT2D eigenvalue weighted by molar-refractivity contribution is -0.154. The highest BCUT2D eigenvalue weighted by molar-refractivity contribution is 5.92. The number of anilines is 2. The first-order valence-corrected chi connectivity index (χ1v) is 10.9. The Bertz CT molecular complexity index is 1410.